The average Bonchev–Trinajstić information content (AvgIpc) is 3.17. The number of hydrogen-bond acceptors (Lipinski definition) is 5. The lowest BCUT2D eigenvalue weighted by molar-refractivity contribution is -0.168. The van der Waals surface area contributed by atoms with Crippen LogP contribution in [0, 0.1) is 23.2 Å². The first-order valence-electron chi connectivity index (χ1n) is 14.4. The summed E-state index contributed by atoms with van der Waals surface area (Å²) in [6.07, 6.45) is 1.94. The molecule has 4 rings (SSSR count). The Morgan fingerprint density at radius 2 is 1.97 bits per heavy atom. The maximum Gasteiger partial charge on any atom is 0.275 e. The molecule has 3 N–H and O–H groups in total. The molecule has 0 aromatic rings. The molecule has 0 spiro atoms. The van der Waals surface area contributed by atoms with E-state index < -0.39 is 50.9 Å². The van der Waals surface area contributed by atoms with Crippen molar-refractivity contribution < 1.29 is 36.6 Å². The van der Waals surface area contributed by atoms with Gasteiger partial charge in [0, 0.05) is 15.6 Å². The highest BCUT2D eigenvalue weighted by Gasteiger charge is 2.53. The Kier molecular flexibility index (Phi) is 6.11. The second kappa shape index (κ2) is 9.17. The van der Waals surface area contributed by atoms with E-state index in [9.17, 15) is 32.5 Å². The van der Waals surface area contributed by atoms with Crippen molar-refractivity contribution in [1.29, 1.82) is 0 Å². The average molecular weight is 520 g/mol. The zero-order valence-electron chi connectivity index (χ0n) is 24.2. The Bertz CT molecular complexity index is 1130. The first-order valence-corrected chi connectivity index (χ1v) is 14.3. The summed E-state index contributed by atoms with van der Waals surface area (Å²) in [5.74, 6) is -3.23. The molecule has 200 valence electrons. The number of halogens is 2. The molecule has 3 aliphatic carbocycles. The summed E-state index contributed by atoms with van der Waals surface area (Å²) in [5.41, 5.74) is -4.90. The highest BCUT2D eigenvalue weighted by Crippen LogP contribution is 2.60. The van der Waals surface area contributed by atoms with Crippen molar-refractivity contribution in [2.45, 2.75) is 114 Å². The lowest BCUT2D eigenvalue weighted by Crippen LogP contribution is -2.43. The van der Waals surface area contributed by atoms with Crippen LogP contribution in [0.5, 0.6) is 0 Å². The van der Waals surface area contributed by atoms with Crippen LogP contribution < -0.4 is 0 Å². The van der Waals surface area contributed by atoms with Crippen LogP contribution >= 0.6 is 0 Å². The van der Waals surface area contributed by atoms with Crippen LogP contribution in [0.25, 0.3) is 0 Å². The molecule has 2 saturated carbocycles. The van der Waals surface area contributed by atoms with E-state index in [2.05, 4.69) is 6.92 Å². The lowest BCUT2D eigenvalue weighted by Gasteiger charge is -2.45. The van der Waals surface area contributed by atoms with E-state index in [-0.39, 0.29) is 53.6 Å². The van der Waals surface area contributed by atoms with E-state index in [0.29, 0.717) is 6.42 Å². The smallest absolute Gasteiger partial charge is 0.275 e. The molecule has 2 fully saturated rings. The van der Waals surface area contributed by atoms with Gasteiger partial charge in [-0.3, -0.25) is 0 Å². The van der Waals surface area contributed by atoms with E-state index in [1.54, 1.807) is 0 Å². The summed E-state index contributed by atoms with van der Waals surface area (Å²) in [7, 11) is -4.75. The van der Waals surface area contributed by atoms with Gasteiger partial charge in [-0.1, -0.05) is 25.5 Å². The van der Waals surface area contributed by atoms with Gasteiger partial charge in [-0.15, -0.1) is 0 Å². The fourth-order valence-corrected chi connectivity index (χ4v) is 8.65. The molecular weight excluding hydrogens is 474 g/mol. The molecule has 35 heavy (non-hydrogen) atoms. The third-order valence-corrected chi connectivity index (χ3v) is 10.7. The quantitative estimate of drug-likeness (QED) is 0.447. The summed E-state index contributed by atoms with van der Waals surface area (Å²) < 4.78 is 81.7. The molecule has 0 radical (unpaired) electrons. The topological polar surface area (TPSA) is 94.8 Å². The number of aliphatic hydroxyl groups excluding tert-OH is 2. The molecule has 1 unspecified atom stereocenters. The van der Waals surface area contributed by atoms with Gasteiger partial charge in [0.05, 0.1) is 19.3 Å². The van der Waals surface area contributed by atoms with Crippen LogP contribution in [0.1, 0.15) is 89.6 Å². The summed E-state index contributed by atoms with van der Waals surface area (Å²) in [4.78, 5) is 0. The summed E-state index contributed by atoms with van der Waals surface area (Å²) in [6.45, 7) is 6.31. The summed E-state index contributed by atoms with van der Waals surface area (Å²) in [5, 5.41) is 28.2. The molecule has 0 saturated heterocycles. The van der Waals surface area contributed by atoms with Crippen molar-refractivity contribution in [3.05, 3.63) is 22.8 Å². The van der Waals surface area contributed by atoms with E-state index >= 15 is 0 Å². The number of alkyl halides is 2. The van der Waals surface area contributed by atoms with Gasteiger partial charge in [0.15, 0.2) is 9.84 Å². The predicted molar refractivity (Wildman–Crippen MR) is 132 cm³/mol. The number of aliphatic hydroxyl groups is 3. The molecule has 5 nitrogen and oxygen atoms in total. The minimum atomic E-state index is -4.75. The van der Waals surface area contributed by atoms with Crippen LogP contribution in [-0.2, 0) is 9.84 Å². The van der Waals surface area contributed by atoms with Crippen molar-refractivity contribution in [2.24, 2.45) is 23.2 Å². The third kappa shape index (κ3) is 4.89. The second-order valence-electron chi connectivity index (χ2n) is 12.1. The Hall–Kier alpha value is -0.830. The number of sulfone groups is 1. The van der Waals surface area contributed by atoms with Crippen LogP contribution in [0.2, 0.25) is 0 Å². The van der Waals surface area contributed by atoms with E-state index in [4.69, 9.17) is 4.11 Å². The first kappa shape index (κ1) is 23.3. The predicted octanol–water partition coefficient (Wildman–Crippen LogP) is 4.56. The summed E-state index contributed by atoms with van der Waals surface area (Å²) >= 11 is 0. The van der Waals surface area contributed by atoms with Crippen LogP contribution in [0.4, 0.5) is 8.78 Å². The van der Waals surface area contributed by atoms with Gasteiger partial charge < -0.3 is 15.3 Å². The normalized spacial score (nSPS) is 44.4. The molecule has 0 bridgehead atoms. The van der Waals surface area contributed by atoms with Gasteiger partial charge >= 0.3 is 0 Å². The molecule has 0 amide bonds. The van der Waals surface area contributed by atoms with Crippen LogP contribution in [-0.4, -0.2) is 58.4 Å². The fraction of sp³-hybridized carbons (Fsp3) is 0.852. The highest BCUT2D eigenvalue weighted by molar-refractivity contribution is 7.92. The second-order valence-corrected chi connectivity index (χ2v) is 13.7. The zero-order valence-corrected chi connectivity index (χ0v) is 22.0. The molecule has 8 heteroatoms. The minimum Gasteiger partial charge on any atom is -0.393 e. The monoisotopic (exact) mass is 519 g/mol. The fourth-order valence-electron chi connectivity index (χ4n) is 7.17. The van der Waals surface area contributed by atoms with Gasteiger partial charge in [0.25, 0.3) is 5.92 Å². The van der Waals surface area contributed by atoms with Gasteiger partial charge in [0.2, 0.25) is 0 Å². The molecule has 1 heterocycles. The molecular formula is C27H42F2O5S. The van der Waals surface area contributed by atoms with E-state index in [1.807, 2.05) is 6.92 Å². The van der Waals surface area contributed by atoms with Crippen molar-refractivity contribution in [3.8, 4) is 0 Å². The van der Waals surface area contributed by atoms with Gasteiger partial charge in [0.1, 0.15) is 10.8 Å². The van der Waals surface area contributed by atoms with Crippen LogP contribution in [0.3, 0.4) is 0 Å². The van der Waals surface area contributed by atoms with Gasteiger partial charge in [-0.05, 0) is 93.1 Å². The maximum atomic E-state index is 14.5. The highest BCUT2D eigenvalue weighted by atomic mass is 32.2. The molecule has 0 aromatic carbocycles. The molecule has 0 aromatic heterocycles. The lowest BCUT2D eigenvalue weighted by atomic mass is 9.60. The van der Waals surface area contributed by atoms with Crippen molar-refractivity contribution in [1.82, 2.24) is 0 Å². The minimum absolute atomic E-state index is 0.0511. The molecule has 7 atom stereocenters. The van der Waals surface area contributed by atoms with Crippen molar-refractivity contribution in [2.75, 3.05) is 5.70 Å². The first-order chi connectivity index (χ1) is 17.2. The number of fused-ring (bicyclic) bond motifs is 1. The number of allylic oxidation sites excluding steroid dienone is 1. The Morgan fingerprint density at radius 3 is 2.63 bits per heavy atom. The van der Waals surface area contributed by atoms with E-state index in [0.717, 1.165) is 45.1 Å². The van der Waals surface area contributed by atoms with Crippen molar-refractivity contribution in [3.63, 3.8) is 0 Å². The molecule has 4 aliphatic rings. The Labute approximate surface area is 212 Å². The molecule has 1 aliphatic heterocycles. The number of rotatable bonds is 6. The number of hydrogen-bond donors (Lipinski definition) is 3. The van der Waals surface area contributed by atoms with Gasteiger partial charge in [-0.2, -0.15) is 0 Å². The summed E-state index contributed by atoms with van der Waals surface area (Å²) in [6, 6.07) is 0. The van der Waals surface area contributed by atoms with Gasteiger partial charge in [-0.25, -0.2) is 17.2 Å². The standard InChI is InChI=1S/C27H42F2O5S/c1-16(9-11-27(28,29)25(2,3)32)21-7-8-22-17(6-5-10-26(21,22)4)12-24-19-13-18(30)14-23(31)20(19)15-35(24,33)34/h12,16,18,21-24,30-32H,5-11,13-15H2,1-4H3/b17-12+/t16-,18-,21-,22+,23+,24?,26-/m1/s1/i15D2,24D. The Morgan fingerprint density at radius 1 is 1.29 bits per heavy atom. The van der Waals surface area contributed by atoms with Crippen molar-refractivity contribution >= 4 is 9.84 Å². The maximum absolute atomic E-state index is 14.5. The zero-order chi connectivity index (χ0) is 28.7. The SMILES string of the molecule is [2H]C1([2H])C2=C(C[C@@H](O)C[C@@H]2O)C([2H])(/C=C2\CCC[C@]3(C)[C@@H]([C@H](C)CCC(F)(F)C(C)(C)O)CC[C@@H]23)S1(=O)=O. The van der Waals surface area contributed by atoms with Crippen LogP contribution in [0.15, 0.2) is 22.8 Å². The van der Waals surface area contributed by atoms with E-state index in [1.165, 1.54) is 6.08 Å². The Balaban J connectivity index is 1.66. The largest absolute Gasteiger partial charge is 0.393 e. The third-order valence-electron chi connectivity index (χ3n) is 9.27.